The quantitative estimate of drug-likeness (QED) is 0.449. The van der Waals surface area contributed by atoms with Gasteiger partial charge < -0.3 is 5.32 Å². The van der Waals surface area contributed by atoms with Crippen LogP contribution in [0.5, 0.6) is 0 Å². The van der Waals surface area contributed by atoms with Crippen LogP contribution < -0.4 is 5.32 Å². The predicted octanol–water partition coefficient (Wildman–Crippen LogP) is 5.79. The number of nitrogens with one attached hydrogen (secondary N) is 2. The Bertz CT molecular complexity index is 1130. The molecule has 0 saturated carbocycles. The summed E-state index contributed by atoms with van der Waals surface area (Å²) in [5, 5.41) is 8.99. The number of hydrogen-bond acceptors (Lipinski definition) is 4. The second-order valence-electron chi connectivity index (χ2n) is 8.43. The lowest BCUT2D eigenvalue weighted by molar-refractivity contribution is -0.137. The van der Waals surface area contributed by atoms with Crippen LogP contribution in [0.15, 0.2) is 30.5 Å². The highest BCUT2D eigenvalue weighted by molar-refractivity contribution is 6.34. The molecule has 0 spiro atoms. The van der Waals surface area contributed by atoms with E-state index in [9.17, 15) is 18.0 Å². The highest BCUT2D eigenvalue weighted by Gasteiger charge is 2.34. The molecule has 0 bridgehead atoms. The van der Waals surface area contributed by atoms with Crippen molar-refractivity contribution in [3.63, 3.8) is 0 Å². The Balaban J connectivity index is 1.99. The number of carbonyl (C=O) groups is 1. The molecule has 33 heavy (non-hydrogen) atoms. The van der Waals surface area contributed by atoms with E-state index in [-0.39, 0.29) is 23.9 Å². The zero-order chi connectivity index (χ0) is 24.3. The van der Waals surface area contributed by atoms with Crippen LogP contribution in [0, 0.1) is 5.92 Å². The summed E-state index contributed by atoms with van der Waals surface area (Å²) in [6.45, 7) is 8.03. The summed E-state index contributed by atoms with van der Waals surface area (Å²) >= 11 is 5.91. The Labute approximate surface area is 195 Å². The number of halogens is 4. The van der Waals surface area contributed by atoms with Gasteiger partial charge in [-0.15, -0.1) is 0 Å². The van der Waals surface area contributed by atoms with Crippen molar-refractivity contribution in [3.05, 3.63) is 63.7 Å². The molecule has 0 atom stereocenters. The summed E-state index contributed by atoms with van der Waals surface area (Å²) in [5.74, 6) is 0.169. The number of benzene rings is 1. The SMILES string of the molecule is CC(C)Cc1c(CNC(=O)c2cccc(C(F)(F)F)c2Cl)nc(C(C)C)nc1-c1ccn[nH]1. The van der Waals surface area contributed by atoms with Gasteiger partial charge in [0.2, 0.25) is 0 Å². The van der Waals surface area contributed by atoms with Gasteiger partial charge in [-0.25, -0.2) is 9.97 Å². The Kier molecular flexibility index (Phi) is 7.41. The van der Waals surface area contributed by atoms with E-state index in [0.717, 1.165) is 23.4 Å². The van der Waals surface area contributed by atoms with E-state index in [4.69, 9.17) is 16.6 Å². The summed E-state index contributed by atoms with van der Waals surface area (Å²) in [5.41, 5.74) is 1.56. The van der Waals surface area contributed by atoms with Crippen molar-refractivity contribution in [2.24, 2.45) is 5.92 Å². The monoisotopic (exact) mass is 479 g/mol. The summed E-state index contributed by atoms with van der Waals surface area (Å²) in [6, 6.07) is 5.07. The standard InChI is InChI=1S/C23H25ClF3N5O/c1-12(2)10-15-18(30-21(13(3)4)31-20(15)17-8-9-29-32-17)11-28-22(33)14-6-5-7-16(19(14)24)23(25,26)27/h5-9,12-13H,10-11H2,1-4H3,(H,28,33)(H,29,32). The van der Waals surface area contributed by atoms with E-state index < -0.39 is 22.7 Å². The molecular formula is C23H25ClF3N5O. The lowest BCUT2D eigenvalue weighted by Gasteiger charge is -2.18. The molecule has 10 heteroatoms. The molecule has 2 N–H and O–H groups in total. The molecule has 3 aromatic rings. The van der Waals surface area contributed by atoms with Gasteiger partial charge in [0, 0.05) is 17.7 Å². The summed E-state index contributed by atoms with van der Waals surface area (Å²) < 4.78 is 39.5. The molecule has 0 aliphatic rings. The first-order chi connectivity index (χ1) is 15.5. The Morgan fingerprint density at radius 3 is 2.45 bits per heavy atom. The average molecular weight is 480 g/mol. The van der Waals surface area contributed by atoms with Crippen LogP contribution >= 0.6 is 11.6 Å². The minimum absolute atomic E-state index is 0.0108. The summed E-state index contributed by atoms with van der Waals surface area (Å²) in [6.07, 6.45) is -2.39. The second kappa shape index (κ2) is 9.91. The molecule has 2 heterocycles. The molecule has 0 fully saturated rings. The molecule has 1 aromatic carbocycles. The maximum absolute atomic E-state index is 13.2. The largest absolute Gasteiger partial charge is 0.417 e. The minimum Gasteiger partial charge on any atom is -0.346 e. The van der Waals surface area contributed by atoms with Crippen LogP contribution in [0.4, 0.5) is 13.2 Å². The number of carbonyl (C=O) groups excluding carboxylic acids is 1. The molecule has 176 valence electrons. The first-order valence-corrected chi connectivity index (χ1v) is 10.9. The zero-order valence-electron chi connectivity index (χ0n) is 18.7. The highest BCUT2D eigenvalue weighted by atomic mass is 35.5. The number of rotatable bonds is 7. The van der Waals surface area contributed by atoms with Crippen LogP contribution in [0.2, 0.25) is 5.02 Å². The molecule has 2 aromatic heterocycles. The van der Waals surface area contributed by atoms with Gasteiger partial charge in [-0.3, -0.25) is 9.89 Å². The summed E-state index contributed by atoms with van der Waals surface area (Å²) in [4.78, 5) is 22.2. The van der Waals surface area contributed by atoms with Crippen LogP contribution in [0.1, 0.15) is 66.6 Å². The fourth-order valence-corrected chi connectivity index (χ4v) is 3.69. The van der Waals surface area contributed by atoms with E-state index in [1.807, 2.05) is 13.8 Å². The van der Waals surface area contributed by atoms with Gasteiger partial charge in [-0.1, -0.05) is 45.4 Å². The van der Waals surface area contributed by atoms with Crippen LogP contribution in [-0.2, 0) is 19.1 Å². The molecule has 0 saturated heterocycles. The third-order valence-corrected chi connectivity index (χ3v) is 5.37. The number of hydrogen-bond donors (Lipinski definition) is 2. The van der Waals surface area contributed by atoms with Crippen molar-refractivity contribution in [2.45, 2.75) is 52.8 Å². The smallest absolute Gasteiger partial charge is 0.346 e. The number of aromatic amines is 1. The van der Waals surface area contributed by atoms with Crippen LogP contribution in [0.3, 0.4) is 0 Å². The number of amides is 1. The van der Waals surface area contributed by atoms with E-state index in [1.54, 1.807) is 12.3 Å². The highest BCUT2D eigenvalue weighted by Crippen LogP contribution is 2.36. The van der Waals surface area contributed by atoms with E-state index in [1.165, 1.54) is 6.07 Å². The van der Waals surface area contributed by atoms with Crippen molar-refractivity contribution in [1.29, 1.82) is 0 Å². The normalized spacial score (nSPS) is 11.9. The van der Waals surface area contributed by atoms with Crippen molar-refractivity contribution in [2.75, 3.05) is 0 Å². The lowest BCUT2D eigenvalue weighted by Crippen LogP contribution is -2.26. The molecule has 0 unspecified atom stereocenters. The lowest BCUT2D eigenvalue weighted by atomic mass is 9.97. The first-order valence-electron chi connectivity index (χ1n) is 10.5. The maximum Gasteiger partial charge on any atom is 0.417 e. The fourth-order valence-electron chi connectivity index (χ4n) is 3.37. The van der Waals surface area contributed by atoms with Crippen LogP contribution in [-0.4, -0.2) is 26.1 Å². The number of nitrogens with zero attached hydrogens (tertiary/aromatic N) is 3. The van der Waals surface area contributed by atoms with Gasteiger partial charge in [0.05, 0.1) is 39.8 Å². The Morgan fingerprint density at radius 1 is 1.15 bits per heavy atom. The summed E-state index contributed by atoms with van der Waals surface area (Å²) in [7, 11) is 0. The van der Waals surface area contributed by atoms with Crippen molar-refractivity contribution in [3.8, 4) is 11.4 Å². The molecule has 0 aliphatic carbocycles. The molecule has 6 nitrogen and oxygen atoms in total. The van der Waals surface area contributed by atoms with Gasteiger partial charge in [0.25, 0.3) is 5.91 Å². The predicted molar refractivity (Wildman–Crippen MR) is 120 cm³/mol. The van der Waals surface area contributed by atoms with Crippen molar-refractivity contribution < 1.29 is 18.0 Å². The van der Waals surface area contributed by atoms with Gasteiger partial charge in [-0.2, -0.15) is 18.3 Å². The molecular weight excluding hydrogens is 455 g/mol. The van der Waals surface area contributed by atoms with Gasteiger partial charge in [0.15, 0.2) is 0 Å². The Hall–Kier alpha value is -2.94. The second-order valence-corrected chi connectivity index (χ2v) is 8.80. The minimum atomic E-state index is -4.66. The molecule has 0 radical (unpaired) electrons. The van der Waals surface area contributed by atoms with E-state index in [2.05, 4.69) is 34.3 Å². The fraction of sp³-hybridized carbons (Fsp3) is 0.391. The third-order valence-electron chi connectivity index (χ3n) is 4.96. The topological polar surface area (TPSA) is 83.6 Å². The van der Waals surface area contributed by atoms with E-state index in [0.29, 0.717) is 23.6 Å². The van der Waals surface area contributed by atoms with Crippen LogP contribution in [0.25, 0.3) is 11.4 Å². The maximum atomic E-state index is 13.2. The van der Waals surface area contributed by atoms with Crippen molar-refractivity contribution >= 4 is 17.5 Å². The Morgan fingerprint density at radius 2 is 1.88 bits per heavy atom. The average Bonchev–Trinajstić information content (AvgIpc) is 3.26. The van der Waals surface area contributed by atoms with Crippen molar-refractivity contribution in [1.82, 2.24) is 25.5 Å². The number of aromatic nitrogens is 4. The number of alkyl halides is 3. The van der Waals surface area contributed by atoms with Gasteiger partial charge in [-0.05, 0) is 30.5 Å². The van der Waals surface area contributed by atoms with Gasteiger partial charge >= 0.3 is 6.18 Å². The number of H-pyrrole nitrogens is 1. The zero-order valence-corrected chi connectivity index (χ0v) is 19.5. The molecule has 3 rings (SSSR count). The third kappa shape index (κ3) is 5.71. The molecule has 0 aliphatic heterocycles. The first kappa shape index (κ1) is 24.7. The molecule has 1 amide bonds. The van der Waals surface area contributed by atoms with Gasteiger partial charge in [0.1, 0.15) is 5.82 Å². The van der Waals surface area contributed by atoms with E-state index >= 15 is 0 Å².